The summed E-state index contributed by atoms with van der Waals surface area (Å²) in [6.07, 6.45) is 1.07. The van der Waals surface area contributed by atoms with E-state index in [4.69, 9.17) is 4.79 Å². The van der Waals surface area contributed by atoms with Gasteiger partial charge < -0.3 is 0 Å². The molecule has 0 aromatic rings. The van der Waals surface area contributed by atoms with Crippen LogP contribution in [0.15, 0.2) is 4.51 Å². The van der Waals surface area contributed by atoms with Crippen LogP contribution in [0.25, 0.3) is 0 Å². The van der Waals surface area contributed by atoms with Gasteiger partial charge in [-0.3, -0.25) is 0 Å². The van der Waals surface area contributed by atoms with Gasteiger partial charge in [-0.25, -0.2) is 4.79 Å². The Kier molecular flexibility index (Phi) is 16.2. The van der Waals surface area contributed by atoms with Gasteiger partial charge in [-0.15, -0.1) is 0 Å². The van der Waals surface area contributed by atoms with Gasteiger partial charge in [-0.1, -0.05) is 4.51 Å². The molecule has 0 aliphatic rings. The Balaban J connectivity index is 0. The molecule has 0 saturated heterocycles. The van der Waals surface area contributed by atoms with Crippen molar-refractivity contribution in [1.29, 1.82) is 0 Å². The molecule has 0 amide bonds. The van der Waals surface area contributed by atoms with Crippen molar-refractivity contribution in [3.05, 3.63) is 0 Å². The van der Waals surface area contributed by atoms with Crippen LogP contribution in [0.4, 0.5) is 0 Å². The van der Waals surface area contributed by atoms with Crippen molar-refractivity contribution in [3.63, 3.8) is 0 Å². The zero-order valence-electron chi connectivity index (χ0n) is 2.73. The topological polar surface area (TPSA) is 29.4 Å². The first kappa shape index (κ1) is 9.18. The minimum absolute atomic E-state index is 0. The quantitative estimate of drug-likeness (QED) is 0.241. The maximum Gasteiger partial charge on any atom is 0.253 e. The second kappa shape index (κ2) is 8.82. The Morgan fingerprint density at radius 3 is 2.00 bits per heavy atom. The standard InChI is InChI=1S/CClNO.Na/c2-3-1-4;. The predicted octanol–water partition coefficient (Wildman–Crippen LogP) is 0.0952. The summed E-state index contributed by atoms with van der Waals surface area (Å²) >= 11 is 4.39. The Bertz CT molecular complexity index is 49.6. The van der Waals surface area contributed by atoms with Gasteiger partial charge in [-0.05, 0) is 0 Å². The van der Waals surface area contributed by atoms with Crippen molar-refractivity contribution >= 4 is 47.4 Å². The zero-order chi connectivity index (χ0) is 3.41. The second-order valence-corrected chi connectivity index (χ2v) is 0.345. The van der Waals surface area contributed by atoms with Gasteiger partial charge in [0.25, 0.3) is 6.08 Å². The van der Waals surface area contributed by atoms with Crippen LogP contribution in [-0.2, 0) is 4.79 Å². The van der Waals surface area contributed by atoms with E-state index in [1.165, 1.54) is 0 Å². The van der Waals surface area contributed by atoms with E-state index in [-0.39, 0.29) is 29.6 Å². The summed E-state index contributed by atoms with van der Waals surface area (Å²) in [5, 5.41) is 0. The zero-order valence-corrected chi connectivity index (χ0v) is 5.49. The molecular weight excluding hydrogens is 100 g/mol. The Labute approximate surface area is 56.6 Å². The SMILES string of the molecule is O=C=NCl.[Na]. The molecule has 0 N–H and O–H groups in total. The molecule has 23 valence electrons. The number of hydrogen-bond donors (Lipinski definition) is 0. The summed E-state index contributed by atoms with van der Waals surface area (Å²) in [7, 11) is 0. The number of carbonyl (C=O) groups excluding carboxylic acids is 1. The Morgan fingerprint density at radius 2 is 2.00 bits per heavy atom. The molecule has 0 spiro atoms. The maximum absolute atomic E-state index is 8.75. The molecule has 0 unspecified atom stereocenters. The van der Waals surface area contributed by atoms with Gasteiger partial charge in [0.2, 0.25) is 0 Å². The first-order valence-electron chi connectivity index (χ1n) is 0.597. The fraction of sp³-hybridized carbons (Fsp3) is 0. The van der Waals surface area contributed by atoms with E-state index in [0.29, 0.717) is 0 Å². The molecule has 0 saturated carbocycles. The molecule has 0 heterocycles. The molecule has 2 nitrogen and oxygen atoms in total. The van der Waals surface area contributed by atoms with Crippen molar-refractivity contribution in [2.24, 2.45) is 4.51 Å². The van der Waals surface area contributed by atoms with Gasteiger partial charge in [-0.2, -0.15) is 0 Å². The third kappa shape index (κ3) is 11.9. The van der Waals surface area contributed by atoms with Crippen LogP contribution >= 0.6 is 11.8 Å². The minimum atomic E-state index is 0. The third-order valence-electron chi connectivity index (χ3n) is 0.0345. The van der Waals surface area contributed by atoms with Crippen molar-refractivity contribution in [1.82, 2.24) is 0 Å². The van der Waals surface area contributed by atoms with Crippen molar-refractivity contribution in [2.75, 3.05) is 0 Å². The normalized spacial score (nSPS) is 3.40. The molecule has 4 heteroatoms. The monoisotopic (exact) mass is 100.0 g/mol. The molecule has 0 bridgehead atoms. The maximum atomic E-state index is 8.75. The largest absolute Gasteiger partial charge is 0.253 e. The van der Waals surface area contributed by atoms with Gasteiger partial charge in [0.05, 0.1) is 0 Å². The second-order valence-electron chi connectivity index (χ2n) is 0.176. The summed E-state index contributed by atoms with van der Waals surface area (Å²) in [4.78, 5) is 8.75. The molecule has 0 aliphatic carbocycles. The van der Waals surface area contributed by atoms with Crippen LogP contribution in [0, 0.1) is 0 Å². The van der Waals surface area contributed by atoms with E-state index in [1.807, 2.05) is 0 Å². The molecule has 0 aromatic heterocycles. The molecule has 1 radical (unpaired) electrons. The summed E-state index contributed by atoms with van der Waals surface area (Å²) in [5.41, 5.74) is 0. The number of isocyanates is 1. The average Bonchev–Trinajstić information content (AvgIpc) is 1.37. The van der Waals surface area contributed by atoms with Crippen LogP contribution in [0.3, 0.4) is 0 Å². The first-order chi connectivity index (χ1) is 1.91. The molecule has 0 aliphatic heterocycles. The first-order valence-corrected chi connectivity index (χ1v) is 0.935. The van der Waals surface area contributed by atoms with Crippen LogP contribution < -0.4 is 0 Å². The van der Waals surface area contributed by atoms with E-state index in [1.54, 1.807) is 0 Å². The van der Waals surface area contributed by atoms with E-state index >= 15 is 0 Å². The summed E-state index contributed by atoms with van der Waals surface area (Å²) in [6.45, 7) is 0. The van der Waals surface area contributed by atoms with Crippen LogP contribution in [-0.4, -0.2) is 35.6 Å². The van der Waals surface area contributed by atoms with E-state index in [0.717, 1.165) is 6.08 Å². The average molecular weight is 100 g/mol. The minimum Gasteiger partial charge on any atom is -0.210 e. The molecular formula is CClNNaO. The third-order valence-corrected chi connectivity index (χ3v) is 0.104. The number of halogens is 1. The fourth-order valence-electron chi connectivity index (χ4n) is 0. The molecule has 0 fully saturated rings. The van der Waals surface area contributed by atoms with Crippen molar-refractivity contribution in [3.8, 4) is 0 Å². The van der Waals surface area contributed by atoms with Crippen LogP contribution in [0.5, 0.6) is 0 Å². The van der Waals surface area contributed by atoms with Crippen molar-refractivity contribution in [2.45, 2.75) is 0 Å². The number of hydrogen-bond acceptors (Lipinski definition) is 2. The van der Waals surface area contributed by atoms with E-state index in [9.17, 15) is 0 Å². The van der Waals surface area contributed by atoms with Crippen LogP contribution in [0.2, 0.25) is 0 Å². The Morgan fingerprint density at radius 1 is 1.80 bits per heavy atom. The Hall–Kier alpha value is 0.670. The summed E-state index contributed by atoms with van der Waals surface area (Å²) in [6, 6.07) is 0. The summed E-state index contributed by atoms with van der Waals surface area (Å²) in [5.74, 6) is 0. The molecule has 0 rings (SSSR count). The smallest absolute Gasteiger partial charge is 0.210 e. The van der Waals surface area contributed by atoms with Gasteiger partial charge >= 0.3 is 0 Å². The van der Waals surface area contributed by atoms with Gasteiger partial charge in [0.1, 0.15) is 0 Å². The van der Waals surface area contributed by atoms with E-state index in [2.05, 4.69) is 16.3 Å². The van der Waals surface area contributed by atoms with Crippen LogP contribution in [0.1, 0.15) is 0 Å². The fourth-order valence-corrected chi connectivity index (χ4v) is 0. The molecule has 0 aromatic carbocycles. The van der Waals surface area contributed by atoms with Crippen molar-refractivity contribution < 1.29 is 4.79 Å². The number of nitrogens with zero attached hydrogens (tertiary/aromatic N) is 1. The summed E-state index contributed by atoms with van der Waals surface area (Å²) < 4.78 is 2.40. The van der Waals surface area contributed by atoms with Gasteiger partial charge in [0, 0.05) is 41.3 Å². The van der Waals surface area contributed by atoms with Gasteiger partial charge in [0.15, 0.2) is 0 Å². The predicted molar refractivity (Wildman–Crippen MR) is 19.7 cm³/mol. The number of rotatable bonds is 0. The van der Waals surface area contributed by atoms with E-state index < -0.39 is 0 Å². The molecule has 5 heavy (non-hydrogen) atoms. The molecule has 0 atom stereocenters.